The van der Waals surface area contributed by atoms with Crippen LogP contribution in [0.1, 0.15) is 0 Å². The van der Waals surface area contributed by atoms with Crippen LogP contribution in [0.4, 0.5) is 0 Å². The van der Waals surface area contributed by atoms with E-state index in [-0.39, 0.29) is 5.57 Å². The monoisotopic (exact) mass is 200 g/mol. The first kappa shape index (κ1) is 9.35. The molecule has 1 rings (SSSR count). The number of rotatable bonds is 4. The van der Waals surface area contributed by atoms with Gasteiger partial charge in [0.25, 0.3) is 0 Å². The molecule has 1 aromatic rings. The van der Waals surface area contributed by atoms with Crippen LogP contribution in [0.25, 0.3) is 0 Å². The van der Waals surface area contributed by atoms with E-state index in [1.165, 1.54) is 11.8 Å². The van der Waals surface area contributed by atoms with Gasteiger partial charge in [-0.15, -0.1) is 23.1 Å². The van der Waals surface area contributed by atoms with Crippen molar-refractivity contribution in [3.63, 3.8) is 0 Å². The van der Waals surface area contributed by atoms with Crippen molar-refractivity contribution in [3.05, 3.63) is 29.7 Å². The Morgan fingerprint density at radius 3 is 3.00 bits per heavy atom. The summed E-state index contributed by atoms with van der Waals surface area (Å²) >= 11 is 3.11. The first-order chi connectivity index (χ1) is 5.70. The Hall–Kier alpha value is -0.740. The lowest BCUT2D eigenvalue weighted by atomic mass is 10.4. The van der Waals surface area contributed by atoms with E-state index in [2.05, 4.69) is 6.58 Å². The highest BCUT2D eigenvalue weighted by molar-refractivity contribution is 8.01. The Kier molecular flexibility index (Phi) is 3.37. The van der Waals surface area contributed by atoms with Crippen molar-refractivity contribution in [3.8, 4) is 0 Å². The number of hydrogen-bond donors (Lipinski definition) is 1. The van der Waals surface area contributed by atoms with Gasteiger partial charge in [-0.25, -0.2) is 4.79 Å². The Morgan fingerprint density at radius 1 is 1.75 bits per heavy atom. The lowest BCUT2D eigenvalue weighted by molar-refractivity contribution is -0.132. The second kappa shape index (κ2) is 4.33. The fourth-order valence-corrected chi connectivity index (χ4v) is 2.24. The summed E-state index contributed by atoms with van der Waals surface area (Å²) in [4.78, 5) is 10.3. The van der Waals surface area contributed by atoms with Crippen LogP contribution in [0.5, 0.6) is 0 Å². The molecule has 0 saturated carbocycles. The summed E-state index contributed by atoms with van der Waals surface area (Å²) in [5.41, 5.74) is 0.244. The molecule has 0 spiro atoms. The first-order valence-electron chi connectivity index (χ1n) is 3.27. The van der Waals surface area contributed by atoms with Gasteiger partial charge in [0.2, 0.25) is 0 Å². The van der Waals surface area contributed by atoms with Crippen LogP contribution in [0.2, 0.25) is 0 Å². The van der Waals surface area contributed by atoms with Crippen molar-refractivity contribution in [1.29, 1.82) is 0 Å². The summed E-state index contributed by atoms with van der Waals surface area (Å²) in [6, 6.07) is 3.90. The number of hydrogen-bond acceptors (Lipinski definition) is 3. The van der Waals surface area contributed by atoms with Crippen molar-refractivity contribution < 1.29 is 9.90 Å². The van der Waals surface area contributed by atoms with E-state index >= 15 is 0 Å². The van der Waals surface area contributed by atoms with E-state index in [0.717, 1.165) is 4.21 Å². The van der Waals surface area contributed by atoms with Gasteiger partial charge in [0.05, 0.1) is 4.21 Å². The fourth-order valence-electron chi connectivity index (χ4n) is 0.566. The van der Waals surface area contributed by atoms with Crippen LogP contribution in [0.15, 0.2) is 33.9 Å². The van der Waals surface area contributed by atoms with Crippen molar-refractivity contribution in [2.75, 3.05) is 5.75 Å². The maximum Gasteiger partial charge on any atom is 0.331 e. The molecule has 1 N–H and O–H groups in total. The molecule has 12 heavy (non-hydrogen) atoms. The number of thiophene rings is 1. The molecule has 0 fully saturated rings. The second-order valence-electron chi connectivity index (χ2n) is 2.13. The first-order valence-corrected chi connectivity index (χ1v) is 5.14. The molecule has 0 unspecified atom stereocenters. The Bertz CT molecular complexity index is 277. The molecule has 2 nitrogen and oxygen atoms in total. The highest BCUT2D eigenvalue weighted by atomic mass is 32.2. The topological polar surface area (TPSA) is 37.3 Å². The SMILES string of the molecule is C=C(CSc1cccs1)C(=O)O. The Morgan fingerprint density at radius 2 is 2.50 bits per heavy atom. The average Bonchev–Trinajstić information content (AvgIpc) is 2.51. The predicted molar refractivity (Wildman–Crippen MR) is 51.8 cm³/mol. The zero-order valence-corrected chi connectivity index (χ0v) is 7.95. The molecular formula is C8H8O2S2. The van der Waals surface area contributed by atoms with E-state index in [1.54, 1.807) is 11.3 Å². The van der Waals surface area contributed by atoms with Gasteiger partial charge in [-0.05, 0) is 11.4 Å². The van der Waals surface area contributed by atoms with Gasteiger partial charge in [0, 0.05) is 11.3 Å². The van der Waals surface area contributed by atoms with Crippen LogP contribution in [-0.2, 0) is 4.79 Å². The van der Waals surface area contributed by atoms with Gasteiger partial charge in [-0.1, -0.05) is 12.6 Å². The Labute approximate surface area is 78.9 Å². The zero-order chi connectivity index (χ0) is 8.97. The molecular weight excluding hydrogens is 192 g/mol. The van der Waals surface area contributed by atoms with E-state index in [9.17, 15) is 4.79 Å². The molecule has 1 aromatic heterocycles. The maximum atomic E-state index is 10.3. The van der Waals surface area contributed by atoms with E-state index in [1.807, 2.05) is 17.5 Å². The van der Waals surface area contributed by atoms with Crippen LogP contribution in [-0.4, -0.2) is 16.8 Å². The van der Waals surface area contributed by atoms with Gasteiger partial charge in [-0.2, -0.15) is 0 Å². The summed E-state index contributed by atoms with van der Waals surface area (Å²) in [5, 5.41) is 10.5. The number of aliphatic carboxylic acids is 1. The van der Waals surface area contributed by atoms with Crippen molar-refractivity contribution in [2.24, 2.45) is 0 Å². The summed E-state index contributed by atoms with van der Waals surface area (Å²) in [5.74, 6) is -0.463. The van der Waals surface area contributed by atoms with Gasteiger partial charge in [-0.3, -0.25) is 0 Å². The molecule has 0 bridgehead atoms. The third kappa shape index (κ3) is 2.71. The number of thioether (sulfide) groups is 1. The molecule has 0 saturated heterocycles. The number of carboxylic acid groups (broad SMARTS) is 1. The highest BCUT2D eigenvalue weighted by Gasteiger charge is 2.04. The highest BCUT2D eigenvalue weighted by Crippen LogP contribution is 2.24. The zero-order valence-electron chi connectivity index (χ0n) is 6.32. The third-order valence-corrected chi connectivity index (χ3v) is 3.40. The lowest BCUT2D eigenvalue weighted by Gasteiger charge is -1.96. The Balaban J connectivity index is 2.37. The fraction of sp³-hybridized carbons (Fsp3) is 0.125. The minimum Gasteiger partial charge on any atom is -0.478 e. The largest absolute Gasteiger partial charge is 0.478 e. The molecule has 4 heteroatoms. The standard InChI is InChI=1S/C8H8O2S2/c1-6(8(9)10)5-12-7-3-2-4-11-7/h2-4H,1,5H2,(H,9,10). The van der Waals surface area contributed by atoms with Gasteiger partial charge < -0.3 is 5.11 Å². The number of carboxylic acids is 1. The minimum absolute atomic E-state index is 0.244. The lowest BCUT2D eigenvalue weighted by Crippen LogP contribution is -2.00. The van der Waals surface area contributed by atoms with Crippen molar-refractivity contribution >= 4 is 29.1 Å². The molecule has 0 radical (unpaired) electrons. The predicted octanol–water partition coefficient (Wildman–Crippen LogP) is 2.48. The molecule has 1 heterocycles. The normalized spacial score (nSPS) is 9.67. The van der Waals surface area contributed by atoms with Crippen LogP contribution in [0, 0.1) is 0 Å². The van der Waals surface area contributed by atoms with Crippen LogP contribution >= 0.6 is 23.1 Å². The molecule has 0 aliphatic rings. The summed E-state index contributed by atoms with van der Waals surface area (Å²) in [6.45, 7) is 3.44. The molecule has 0 aliphatic carbocycles. The smallest absolute Gasteiger partial charge is 0.331 e. The van der Waals surface area contributed by atoms with Crippen LogP contribution < -0.4 is 0 Å². The van der Waals surface area contributed by atoms with Gasteiger partial charge >= 0.3 is 5.97 Å². The van der Waals surface area contributed by atoms with Crippen molar-refractivity contribution in [2.45, 2.75) is 4.21 Å². The van der Waals surface area contributed by atoms with Crippen molar-refractivity contribution in [1.82, 2.24) is 0 Å². The quantitative estimate of drug-likeness (QED) is 0.599. The summed E-state index contributed by atoms with van der Waals surface area (Å²) in [6.07, 6.45) is 0. The summed E-state index contributed by atoms with van der Waals surface area (Å²) in [7, 11) is 0. The molecule has 0 atom stereocenters. The maximum absolute atomic E-state index is 10.3. The minimum atomic E-state index is -0.918. The van der Waals surface area contributed by atoms with E-state index in [0.29, 0.717) is 5.75 Å². The molecule has 64 valence electrons. The molecule has 0 aromatic carbocycles. The molecule has 0 aliphatic heterocycles. The third-order valence-electron chi connectivity index (χ3n) is 1.19. The second-order valence-corrected chi connectivity index (χ2v) is 4.35. The molecule has 0 amide bonds. The number of carbonyl (C=O) groups is 1. The van der Waals surface area contributed by atoms with E-state index < -0.39 is 5.97 Å². The van der Waals surface area contributed by atoms with Gasteiger partial charge in [0.1, 0.15) is 0 Å². The van der Waals surface area contributed by atoms with E-state index in [4.69, 9.17) is 5.11 Å². The van der Waals surface area contributed by atoms with Crippen LogP contribution in [0.3, 0.4) is 0 Å². The summed E-state index contributed by atoms with van der Waals surface area (Å²) < 4.78 is 1.12. The van der Waals surface area contributed by atoms with Gasteiger partial charge in [0.15, 0.2) is 0 Å². The average molecular weight is 200 g/mol.